The van der Waals surface area contributed by atoms with E-state index < -0.39 is 0 Å². The average molecular weight is 413 g/mol. The number of fused-ring (bicyclic) bond motifs is 4. The highest BCUT2D eigenvalue weighted by Gasteiger charge is 2.57. The summed E-state index contributed by atoms with van der Waals surface area (Å²) in [6.45, 7) is 17.0. The summed E-state index contributed by atoms with van der Waals surface area (Å²) >= 11 is 0. The Labute approximate surface area is 184 Å². The van der Waals surface area contributed by atoms with Crippen molar-refractivity contribution in [2.45, 2.75) is 106 Å². The van der Waals surface area contributed by atoms with Gasteiger partial charge in [-0.3, -0.25) is 0 Å². The highest BCUT2D eigenvalue weighted by atomic mass is 16.5. The lowest BCUT2D eigenvalue weighted by Crippen LogP contribution is -2.53. The van der Waals surface area contributed by atoms with E-state index in [1.807, 2.05) is 0 Å². The number of aliphatic hydroxyl groups excluding tert-OH is 1. The van der Waals surface area contributed by atoms with Crippen molar-refractivity contribution in [1.29, 1.82) is 0 Å². The molecule has 4 aliphatic carbocycles. The molecule has 0 amide bonds. The molecule has 6 atom stereocenters. The maximum atomic E-state index is 10.7. The SMILES string of the molecule is CC(C)=CCO[C@H](C)[C@H]1CC=C2C3=C(CC[C@@]21C)[C@@]1(C)CC[C@H](O)C(C)(C)[C@@H]1CC3. The fraction of sp³-hybridized carbons (Fsp3) is 0.786. The van der Waals surface area contributed by atoms with E-state index in [9.17, 15) is 5.11 Å². The first kappa shape index (κ1) is 22.3. The second-order valence-corrected chi connectivity index (χ2v) is 12.0. The topological polar surface area (TPSA) is 29.5 Å². The zero-order valence-corrected chi connectivity index (χ0v) is 20.5. The van der Waals surface area contributed by atoms with Crippen LogP contribution in [0.2, 0.25) is 0 Å². The van der Waals surface area contributed by atoms with Gasteiger partial charge < -0.3 is 9.84 Å². The maximum absolute atomic E-state index is 10.7. The van der Waals surface area contributed by atoms with Crippen molar-refractivity contribution >= 4 is 0 Å². The van der Waals surface area contributed by atoms with E-state index in [1.165, 1.54) is 31.3 Å². The Kier molecular flexibility index (Phi) is 5.68. The summed E-state index contributed by atoms with van der Waals surface area (Å²) in [4.78, 5) is 0. The van der Waals surface area contributed by atoms with Crippen molar-refractivity contribution in [2.24, 2.45) is 28.1 Å². The van der Waals surface area contributed by atoms with Gasteiger partial charge >= 0.3 is 0 Å². The summed E-state index contributed by atoms with van der Waals surface area (Å²) in [7, 11) is 0. The standard InChI is InChI=1S/C28H44O2/c1-18(2)14-17-30-19(3)21-9-10-22-20-8-11-24-26(4,5)25(29)13-16-28(24,7)23(20)12-15-27(21,22)6/h10,14,19,21,24-25,29H,8-9,11-13,15-17H2,1-7H3/t19-,21-,24+,25+,27-,28-/m1/s1. The van der Waals surface area contributed by atoms with E-state index in [0.29, 0.717) is 11.8 Å². The summed E-state index contributed by atoms with van der Waals surface area (Å²) in [5.74, 6) is 1.18. The van der Waals surface area contributed by atoms with Crippen LogP contribution in [0.15, 0.2) is 34.4 Å². The van der Waals surface area contributed by atoms with Crippen LogP contribution in [-0.4, -0.2) is 23.9 Å². The molecule has 168 valence electrons. The molecule has 0 aromatic carbocycles. The van der Waals surface area contributed by atoms with Crippen molar-refractivity contribution in [1.82, 2.24) is 0 Å². The molecule has 0 saturated heterocycles. The molecule has 0 heterocycles. The van der Waals surface area contributed by atoms with E-state index in [4.69, 9.17) is 4.74 Å². The summed E-state index contributed by atoms with van der Waals surface area (Å²) in [5, 5.41) is 10.7. The van der Waals surface area contributed by atoms with Crippen molar-refractivity contribution in [3.8, 4) is 0 Å². The molecular weight excluding hydrogens is 368 g/mol. The van der Waals surface area contributed by atoms with Gasteiger partial charge in [-0.15, -0.1) is 0 Å². The maximum Gasteiger partial charge on any atom is 0.0653 e. The van der Waals surface area contributed by atoms with Crippen LogP contribution in [-0.2, 0) is 4.74 Å². The van der Waals surface area contributed by atoms with E-state index in [0.717, 1.165) is 25.9 Å². The zero-order chi connectivity index (χ0) is 21.9. The molecule has 2 nitrogen and oxygen atoms in total. The lowest BCUT2D eigenvalue weighted by Gasteiger charge is -2.59. The van der Waals surface area contributed by atoms with E-state index >= 15 is 0 Å². The van der Waals surface area contributed by atoms with Crippen LogP contribution >= 0.6 is 0 Å². The molecule has 0 bridgehead atoms. The highest BCUT2D eigenvalue weighted by molar-refractivity contribution is 5.50. The first-order valence-electron chi connectivity index (χ1n) is 12.4. The molecule has 0 aromatic rings. The fourth-order valence-corrected chi connectivity index (χ4v) is 7.91. The van der Waals surface area contributed by atoms with E-state index in [-0.39, 0.29) is 28.5 Å². The molecule has 4 rings (SSSR count). The summed E-state index contributed by atoms with van der Waals surface area (Å²) < 4.78 is 6.28. The number of rotatable bonds is 4. The first-order chi connectivity index (χ1) is 14.0. The molecule has 1 saturated carbocycles. The summed E-state index contributed by atoms with van der Waals surface area (Å²) in [6, 6.07) is 0. The molecule has 0 aliphatic heterocycles. The number of aliphatic hydroxyl groups is 1. The third-order valence-corrected chi connectivity index (χ3v) is 9.85. The van der Waals surface area contributed by atoms with Gasteiger partial charge in [0.1, 0.15) is 0 Å². The van der Waals surface area contributed by atoms with Gasteiger partial charge in [-0.05, 0) is 105 Å². The van der Waals surface area contributed by atoms with Crippen molar-refractivity contribution in [3.63, 3.8) is 0 Å². The molecule has 1 N–H and O–H groups in total. The molecule has 0 radical (unpaired) electrons. The third-order valence-electron chi connectivity index (χ3n) is 9.85. The van der Waals surface area contributed by atoms with Gasteiger partial charge in [0.2, 0.25) is 0 Å². The lowest BCUT2D eigenvalue weighted by molar-refractivity contribution is -0.0909. The largest absolute Gasteiger partial charge is 0.393 e. The average Bonchev–Trinajstić information content (AvgIpc) is 3.02. The van der Waals surface area contributed by atoms with Gasteiger partial charge in [0, 0.05) is 0 Å². The van der Waals surface area contributed by atoms with Crippen LogP contribution in [0.1, 0.15) is 93.4 Å². The molecule has 0 aromatic heterocycles. The lowest BCUT2D eigenvalue weighted by atomic mass is 9.46. The zero-order valence-electron chi connectivity index (χ0n) is 20.5. The number of hydrogen-bond donors (Lipinski definition) is 1. The first-order valence-corrected chi connectivity index (χ1v) is 12.4. The molecule has 4 aliphatic rings. The van der Waals surface area contributed by atoms with Gasteiger partial charge in [0.05, 0.1) is 18.8 Å². The molecule has 0 unspecified atom stereocenters. The Morgan fingerprint density at radius 3 is 2.57 bits per heavy atom. The fourth-order valence-electron chi connectivity index (χ4n) is 7.91. The summed E-state index contributed by atoms with van der Waals surface area (Å²) in [5.41, 5.74) is 6.99. The Morgan fingerprint density at radius 2 is 1.87 bits per heavy atom. The van der Waals surface area contributed by atoms with E-state index in [2.05, 4.69) is 60.6 Å². The molecule has 2 heteroatoms. The van der Waals surface area contributed by atoms with Gasteiger partial charge in [0.25, 0.3) is 0 Å². The predicted molar refractivity (Wildman–Crippen MR) is 125 cm³/mol. The Hall–Kier alpha value is -0.860. The highest BCUT2D eigenvalue weighted by Crippen LogP contribution is 2.66. The van der Waals surface area contributed by atoms with Gasteiger partial charge in [-0.2, -0.15) is 0 Å². The molecule has 30 heavy (non-hydrogen) atoms. The van der Waals surface area contributed by atoms with E-state index in [1.54, 1.807) is 16.7 Å². The number of hydrogen-bond acceptors (Lipinski definition) is 2. The van der Waals surface area contributed by atoms with Gasteiger partial charge in [-0.1, -0.05) is 51.0 Å². The Morgan fingerprint density at radius 1 is 1.13 bits per heavy atom. The van der Waals surface area contributed by atoms with Crippen LogP contribution in [0.5, 0.6) is 0 Å². The third kappa shape index (κ3) is 3.28. The van der Waals surface area contributed by atoms with Crippen LogP contribution in [0.25, 0.3) is 0 Å². The van der Waals surface area contributed by atoms with Crippen molar-refractivity contribution < 1.29 is 9.84 Å². The monoisotopic (exact) mass is 412 g/mol. The Balaban J connectivity index is 1.60. The van der Waals surface area contributed by atoms with Gasteiger partial charge in [-0.25, -0.2) is 0 Å². The minimum absolute atomic E-state index is 0.0200. The second-order valence-electron chi connectivity index (χ2n) is 12.0. The van der Waals surface area contributed by atoms with Gasteiger partial charge in [0.15, 0.2) is 0 Å². The normalized spacial score (nSPS) is 40.8. The van der Waals surface area contributed by atoms with Crippen LogP contribution < -0.4 is 0 Å². The second kappa shape index (κ2) is 7.62. The Bertz CT molecular complexity index is 780. The number of ether oxygens (including phenoxy) is 1. The predicted octanol–water partition coefficient (Wildman–Crippen LogP) is 7.00. The minimum Gasteiger partial charge on any atom is -0.393 e. The van der Waals surface area contributed by atoms with Crippen molar-refractivity contribution in [3.05, 3.63) is 34.4 Å². The number of allylic oxidation sites excluding steroid dienone is 5. The smallest absolute Gasteiger partial charge is 0.0653 e. The molecule has 0 spiro atoms. The molecular formula is C28H44O2. The quantitative estimate of drug-likeness (QED) is 0.504. The van der Waals surface area contributed by atoms with Crippen LogP contribution in [0.3, 0.4) is 0 Å². The van der Waals surface area contributed by atoms with Crippen LogP contribution in [0.4, 0.5) is 0 Å². The minimum atomic E-state index is -0.152. The summed E-state index contributed by atoms with van der Waals surface area (Å²) in [6.07, 6.45) is 13.1. The molecule has 1 fully saturated rings. The van der Waals surface area contributed by atoms with Crippen molar-refractivity contribution in [2.75, 3.05) is 6.61 Å². The van der Waals surface area contributed by atoms with Crippen LogP contribution in [0, 0.1) is 28.1 Å².